The predicted octanol–water partition coefficient (Wildman–Crippen LogP) is 4.06. The molecule has 1 N–H and O–H groups in total. The van der Waals surface area contributed by atoms with Gasteiger partial charge in [-0.25, -0.2) is 0 Å². The molecule has 0 aliphatic carbocycles. The summed E-state index contributed by atoms with van der Waals surface area (Å²) in [5.74, 6) is 1.21. The van der Waals surface area contributed by atoms with E-state index in [1.54, 1.807) is 0 Å². The van der Waals surface area contributed by atoms with Crippen molar-refractivity contribution in [2.24, 2.45) is 11.8 Å². The topological polar surface area (TPSA) is 38.8 Å². The number of nitrogens with one attached hydrogen (secondary N) is 1. The Labute approximate surface area is 182 Å². The molecule has 0 saturated carbocycles. The molecule has 3 aliphatic heterocycles. The van der Waals surface area contributed by atoms with E-state index in [1.807, 2.05) is 0 Å². The number of benzene rings is 1. The van der Waals surface area contributed by atoms with Gasteiger partial charge in [0.15, 0.2) is 0 Å². The fourth-order valence-corrected chi connectivity index (χ4v) is 6.00. The van der Waals surface area contributed by atoms with Crippen LogP contribution < -0.4 is 10.2 Å². The minimum atomic E-state index is 0.172. The fourth-order valence-electron chi connectivity index (χ4n) is 6.00. The van der Waals surface area contributed by atoms with Crippen molar-refractivity contribution in [2.45, 2.75) is 64.0 Å². The molecule has 30 heavy (non-hydrogen) atoms. The van der Waals surface area contributed by atoms with E-state index < -0.39 is 0 Å². The quantitative estimate of drug-likeness (QED) is 0.733. The van der Waals surface area contributed by atoms with Gasteiger partial charge in [-0.15, -0.1) is 0 Å². The number of piperidine rings is 2. The molecule has 1 amide bonds. The molecule has 0 radical (unpaired) electrons. The summed E-state index contributed by atoms with van der Waals surface area (Å²) in [5, 5.41) is 3.20. The average molecular weight is 413 g/mol. The van der Waals surface area contributed by atoms with E-state index in [1.165, 1.54) is 50.9 Å². The number of hydrogen-bond acceptors (Lipinski definition) is 4. The monoisotopic (exact) mass is 412 g/mol. The molecule has 3 saturated heterocycles. The minimum Gasteiger partial charge on any atom is -0.372 e. The SMILES string of the molecule is CCCN1[C@H]2CC[C@H]1CC(C(=O)Nc1ccc(N3CCC(CN(C)C)CC3)cc1)C2. The molecule has 3 fully saturated rings. The Morgan fingerprint density at radius 3 is 2.23 bits per heavy atom. The van der Waals surface area contributed by atoms with E-state index >= 15 is 0 Å². The molecule has 2 bridgehead atoms. The molecule has 1 aromatic rings. The Morgan fingerprint density at radius 2 is 1.67 bits per heavy atom. The van der Waals surface area contributed by atoms with Crippen LogP contribution in [0.1, 0.15) is 51.9 Å². The molecule has 0 aromatic heterocycles. The Hall–Kier alpha value is -1.59. The normalized spacial score (nSPS) is 27.6. The Kier molecular flexibility index (Phi) is 6.99. The number of amides is 1. The maximum Gasteiger partial charge on any atom is 0.227 e. The largest absolute Gasteiger partial charge is 0.372 e. The highest BCUT2D eigenvalue weighted by atomic mass is 16.1. The van der Waals surface area contributed by atoms with Crippen molar-refractivity contribution in [1.82, 2.24) is 9.80 Å². The standard InChI is InChI=1S/C25H40N4O/c1-4-13-29-23-9-10-24(29)17-20(16-23)25(30)26-21-5-7-22(8-6-21)28-14-11-19(12-15-28)18-27(2)3/h5-8,19-20,23-24H,4,9-18H2,1-3H3,(H,26,30)/t23-,24-/m0/s1. The van der Waals surface area contributed by atoms with Gasteiger partial charge >= 0.3 is 0 Å². The van der Waals surface area contributed by atoms with Crippen LogP contribution in [-0.2, 0) is 4.79 Å². The third-order valence-electron chi connectivity index (χ3n) is 7.47. The molecular weight excluding hydrogens is 372 g/mol. The van der Waals surface area contributed by atoms with Gasteiger partial charge in [-0.1, -0.05) is 6.92 Å². The summed E-state index contributed by atoms with van der Waals surface area (Å²) in [6.07, 6.45) is 8.34. The molecule has 3 heterocycles. The van der Waals surface area contributed by atoms with Crippen LogP contribution in [0.2, 0.25) is 0 Å². The third-order valence-corrected chi connectivity index (χ3v) is 7.47. The molecular formula is C25H40N4O. The van der Waals surface area contributed by atoms with E-state index in [0.717, 1.165) is 37.5 Å². The molecule has 4 rings (SSSR count). The molecule has 0 spiro atoms. The second kappa shape index (κ2) is 9.69. The van der Waals surface area contributed by atoms with Crippen molar-refractivity contribution < 1.29 is 4.79 Å². The van der Waals surface area contributed by atoms with Crippen LogP contribution >= 0.6 is 0 Å². The second-order valence-corrected chi connectivity index (χ2v) is 10.0. The Balaban J connectivity index is 1.28. The highest BCUT2D eigenvalue weighted by molar-refractivity contribution is 5.92. The van der Waals surface area contributed by atoms with Gasteiger partial charge in [0.05, 0.1) is 0 Å². The molecule has 0 unspecified atom stereocenters. The van der Waals surface area contributed by atoms with E-state index in [0.29, 0.717) is 12.1 Å². The number of carbonyl (C=O) groups is 1. The number of rotatable bonds is 7. The minimum absolute atomic E-state index is 0.172. The number of anilines is 2. The molecule has 3 aliphatic rings. The highest BCUT2D eigenvalue weighted by Crippen LogP contribution is 2.39. The van der Waals surface area contributed by atoms with Crippen LogP contribution in [0.5, 0.6) is 0 Å². The van der Waals surface area contributed by atoms with Gasteiger partial charge in [-0.2, -0.15) is 0 Å². The van der Waals surface area contributed by atoms with Gasteiger partial charge in [-0.05, 0) is 95.8 Å². The third kappa shape index (κ3) is 5.00. The summed E-state index contributed by atoms with van der Waals surface area (Å²) in [7, 11) is 4.33. The second-order valence-electron chi connectivity index (χ2n) is 10.0. The Morgan fingerprint density at radius 1 is 1.03 bits per heavy atom. The zero-order valence-corrected chi connectivity index (χ0v) is 19.1. The number of carbonyl (C=O) groups excluding carboxylic acids is 1. The van der Waals surface area contributed by atoms with Crippen molar-refractivity contribution in [2.75, 3.05) is 50.5 Å². The lowest BCUT2D eigenvalue weighted by Crippen LogP contribution is -2.45. The summed E-state index contributed by atoms with van der Waals surface area (Å²) in [5.41, 5.74) is 2.22. The van der Waals surface area contributed by atoms with Crippen molar-refractivity contribution in [3.05, 3.63) is 24.3 Å². The van der Waals surface area contributed by atoms with Gasteiger partial charge in [0, 0.05) is 49.0 Å². The molecule has 5 nitrogen and oxygen atoms in total. The van der Waals surface area contributed by atoms with E-state index in [-0.39, 0.29) is 11.8 Å². The van der Waals surface area contributed by atoms with E-state index in [2.05, 4.69) is 65.3 Å². The average Bonchev–Trinajstić information content (AvgIpc) is 2.96. The van der Waals surface area contributed by atoms with Crippen molar-refractivity contribution in [3.8, 4) is 0 Å². The Bertz CT molecular complexity index is 682. The number of nitrogens with zero attached hydrogens (tertiary/aromatic N) is 3. The van der Waals surface area contributed by atoms with Crippen LogP contribution in [0.4, 0.5) is 11.4 Å². The first-order valence-corrected chi connectivity index (χ1v) is 12.1. The van der Waals surface area contributed by atoms with Crippen LogP contribution in [0, 0.1) is 11.8 Å². The van der Waals surface area contributed by atoms with Gasteiger partial charge in [0.1, 0.15) is 0 Å². The molecule has 5 heteroatoms. The first-order valence-electron chi connectivity index (χ1n) is 12.1. The van der Waals surface area contributed by atoms with E-state index in [4.69, 9.17) is 0 Å². The smallest absolute Gasteiger partial charge is 0.227 e. The van der Waals surface area contributed by atoms with Crippen molar-refractivity contribution >= 4 is 17.3 Å². The van der Waals surface area contributed by atoms with E-state index in [9.17, 15) is 4.79 Å². The van der Waals surface area contributed by atoms with Gasteiger partial charge in [-0.3, -0.25) is 9.69 Å². The summed E-state index contributed by atoms with van der Waals surface area (Å²) in [6.45, 7) is 6.90. The van der Waals surface area contributed by atoms with Crippen molar-refractivity contribution in [3.63, 3.8) is 0 Å². The number of fused-ring (bicyclic) bond motifs is 2. The summed E-state index contributed by atoms with van der Waals surface area (Å²) < 4.78 is 0. The lowest BCUT2D eigenvalue weighted by atomic mass is 9.89. The van der Waals surface area contributed by atoms with Gasteiger partial charge in [0.25, 0.3) is 0 Å². The zero-order valence-electron chi connectivity index (χ0n) is 19.1. The van der Waals surface area contributed by atoms with Crippen LogP contribution in [0.3, 0.4) is 0 Å². The maximum absolute atomic E-state index is 12.9. The molecule has 1 aromatic carbocycles. The summed E-state index contributed by atoms with van der Waals surface area (Å²) >= 11 is 0. The lowest BCUT2D eigenvalue weighted by molar-refractivity contribution is -0.122. The van der Waals surface area contributed by atoms with Crippen LogP contribution in [-0.4, -0.2) is 68.1 Å². The number of hydrogen-bond donors (Lipinski definition) is 1. The summed E-state index contributed by atoms with van der Waals surface area (Å²) in [4.78, 5) is 20.4. The van der Waals surface area contributed by atoms with Crippen LogP contribution in [0.15, 0.2) is 24.3 Å². The van der Waals surface area contributed by atoms with Gasteiger partial charge in [0.2, 0.25) is 5.91 Å². The molecule has 2 atom stereocenters. The first kappa shape index (κ1) is 21.6. The maximum atomic E-state index is 12.9. The van der Waals surface area contributed by atoms with Gasteiger partial charge < -0.3 is 15.1 Å². The fraction of sp³-hybridized carbons (Fsp3) is 0.720. The zero-order chi connectivity index (χ0) is 21.1. The summed E-state index contributed by atoms with van der Waals surface area (Å²) in [6, 6.07) is 9.76. The highest BCUT2D eigenvalue weighted by Gasteiger charge is 2.42. The first-order chi connectivity index (χ1) is 14.5. The van der Waals surface area contributed by atoms with Crippen molar-refractivity contribution in [1.29, 1.82) is 0 Å². The molecule has 166 valence electrons. The lowest BCUT2D eigenvalue weighted by Gasteiger charge is -2.38. The predicted molar refractivity (Wildman–Crippen MR) is 125 cm³/mol. The van der Waals surface area contributed by atoms with Crippen LogP contribution in [0.25, 0.3) is 0 Å².